The summed E-state index contributed by atoms with van der Waals surface area (Å²) in [5, 5.41) is 2.87. The minimum absolute atomic E-state index is 0.139. The monoisotopic (exact) mass is 470 g/mol. The number of hydrogen-bond acceptors (Lipinski definition) is 10. The van der Waals surface area contributed by atoms with Crippen molar-refractivity contribution in [3.05, 3.63) is 73.2 Å². The lowest BCUT2D eigenvalue weighted by Gasteiger charge is -2.26. The molecule has 3 aromatic heterocycles. The summed E-state index contributed by atoms with van der Waals surface area (Å²) in [6, 6.07) is 9.63. The highest BCUT2D eigenvalue weighted by Gasteiger charge is 2.16. The summed E-state index contributed by atoms with van der Waals surface area (Å²) in [6.45, 7) is 3.57. The molecule has 0 radical (unpaired) electrons. The molecule has 11 nitrogen and oxygen atoms in total. The van der Waals surface area contributed by atoms with E-state index in [0.29, 0.717) is 4.57 Å². The van der Waals surface area contributed by atoms with Crippen molar-refractivity contribution in [3.8, 4) is 11.5 Å². The summed E-state index contributed by atoms with van der Waals surface area (Å²) < 4.78 is 21.5. The minimum Gasteiger partial charge on any atom is -0.492 e. The second-order valence-electron chi connectivity index (χ2n) is 7.80. The van der Waals surface area contributed by atoms with Crippen LogP contribution in [0.15, 0.2) is 59.7 Å². The van der Waals surface area contributed by atoms with E-state index in [0.717, 1.165) is 37.5 Å². The van der Waals surface area contributed by atoms with Gasteiger partial charge in [0.05, 0.1) is 13.7 Å². The standard InChI is InChI=1S/C23H26N4O7/c1-31-20-21-25-23(27(22(20)30)34-19(29)9-8-18(28)33-21)24-10-13-32-17-7-5-6-16(14-17)15-26-11-3-2-4-12-26/h5-9,14H,2-4,10-13,15H2,1H3,(H,24,25). The van der Waals surface area contributed by atoms with Crippen LogP contribution in [0.2, 0.25) is 0 Å². The maximum atomic E-state index is 12.7. The number of fused-ring (bicyclic) bond motifs is 7. The maximum Gasteiger partial charge on any atom is 0.357 e. The summed E-state index contributed by atoms with van der Waals surface area (Å²) >= 11 is 0. The predicted octanol–water partition coefficient (Wildman–Crippen LogP) is 1.65. The van der Waals surface area contributed by atoms with E-state index >= 15 is 0 Å². The van der Waals surface area contributed by atoms with E-state index in [-0.39, 0.29) is 30.6 Å². The third-order valence-electron chi connectivity index (χ3n) is 5.32. The number of piperidine rings is 1. The Kier molecular flexibility index (Phi) is 7.43. The van der Waals surface area contributed by atoms with Gasteiger partial charge in [-0.15, -0.1) is 0 Å². The van der Waals surface area contributed by atoms with Gasteiger partial charge in [0, 0.05) is 18.7 Å². The number of rotatable bonds is 8. The third-order valence-corrected chi connectivity index (χ3v) is 5.32. The number of nitrogens with one attached hydrogen (secondary N) is 1. The van der Waals surface area contributed by atoms with E-state index in [1.165, 1.54) is 31.9 Å². The molecule has 11 heteroatoms. The predicted molar refractivity (Wildman–Crippen MR) is 123 cm³/mol. The second-order valence-corrected chi connectivity index (χ2v) is 7.80. The molecule has 5 rings (SSSR count). The molecule has 1 aliphatic rings. The molecular formula is C23H26N4O7. The van der Waals surface area contributed by atoms with E-state index in [4.69, 9.17) is 18.4 Å². The number of nitrogens with zero attached hydrogens (tertiary/aromatic N) is 3. The Morgan fingerprint density at radius 2 is 1.85 bits per heavy atom. The molecule has 1 aliphatic heterocycles. The van der Waals surface area contributed by atoms with E-state index in [2.05, 4.69) is 21.3 Å². The summed E-state index contributed by atoms with van der Waals surface area (Å²) in [5.41, 5.74) is -1.87. The highest BCUT2D eigenvalue weighted by Crippen LogP contribution is 2.18. The zero-order chi connectivity index (χ0) is 23.9. The molecule has 2 bridgehead atoms. The highest BCUT2D eigenvalue weighted by atomic mass is 16.5. The fourth-order valence-electron chi connectivity index (χ4n) is 3.74. The van der Waals surface area contributed by atoms with Gasteiger partial charge in [0.1, 0.15) is 12.4 Å². The van der Waals surface area contributed by atoms with E-state index in [9.17, 15) is 14.4 Å². The van der Waals surface area contributed by atoms with Gasteiger partial charge in [0.15, 0.2) is 0 Å². The van der Waals surface area contributed by atoms with Crippen molar-refractivity contribution in [1.82, 2.24) is 14.5 Å². The molecule has 1 aromatic carbocycles. The lowest BCUT2D eigenvalue weighted by Crippen LogP contribution is -2.29. The van der Waals surface area contributed by atoms with Crippen molar-refractivity contribution in [3.63, 3.8) is 0 Å². The quantitative estimate of drug-likeness (QED) is 0.485. The Hall–Kier alpha value is -3.86. The van der Waals surface area contributed by atoms with Gasteiger partial charge < -0.3 is 23.7 Å². The van der Waals surface area contributed by atoms with Crippen molar-refractivity contribution < 1.29 is 18.4 Å². The number of anilines is 1. The molecular weight excluding hydrogens is 444 g/mol. The Balaban J connectivity index is 1.47. The SMILES string of the molecule is COc1c(=O)n2oc(=O)ccc(=O)oc1nc2NCCOc1cccc(CN2CCCCC2)c1. The molecule has 0 saturated carbocycles. The van der Waals surface area contributed by atoms with Crippen LogP contribution in [0.3, 0.4) is 0 Å². The van der Waals surface area contributed by atoms with Crippen LogP contribution >= 0.6 is 0 Å². The molecule has 180 valence electrons. The van der Waals surface area contributed by atoms with Gasteiger partial charge in [-0.25, -0.2) is 9.59 Å². The molecule has 34 heavy (non-hydrogen) atoms. The van der Waals surface area contributed by atoms with Gasteiger partial charge >= 0.3 is 16.8 Å². The minimum atomic E-state index is -0.956. The van der Waals surface area contributed by atoms with Gasteiger partial charge in [0.25, 0.3) is 11.5 Å². The Bertz CT molecular complexity index is 1340. The first-order valence-electron chi connectivity index (χ1n) is 11.0. The maximum absolute atomic E-state index is 12.7. The smallest absolute Gasteiger partial charge is 0.357 e. The fourth-order valence-corrected chi connectivity index (χ4v) is 3.74. The van der Waals surface area contributed by atoms with Crippen LogP contribution in [0.4, 0.5) is 5.95 Å². The lowest BCUT2D eigenvalue weighted by molar-refractivity contribution is 0.220. The van der Waals surface area contributed by atoms with Crippen LogP contribution in [0.5, 0.6) is 11.5 Å². The Labute approximate surface area is 194 Å². The zero-order valence-electron chi connectivity index (χ0n) is 18.8. The Morgan fingerprint density at radius 3 is 2.65 bits per heavy atom. The highest BCUT2D eigenvalue weighted by molar-refractivity contribution is 5.50. The van der Waals surface area contributed by atoms with E-state index < -0.39 is 16.8 Å². The van der Waals surface area contributed by atoms with Crippen molar-refractivity contribution in [2.45, 2.75) is 25.8 Å². The van der Waals surface area contributed by atoms with E-state index in [1.807, 2.05) is 18.2 Å². The van der Waals surface area contributed by atoms with Gasteiger partial charge in [-0.2, -0.15) is 4.98 Å². The van der Waals surface area contributed by atoms with Crippen LogP contribution in [-0.2, 0) is 6.54 Å². The zero-order valence-corrected chi connectivity index (χ0v) is 18.8. The fraction of sp³-hybridized carbons (Fsp3) is 0.391. The molecule has 0 spiro atoms. The summed E-state index contributed by atoms with van der Waals surface area (Å²) in [4.78, 5) is 42.9. The van der Waals surface area contributed by atoms with Crippen LogP contribution in [0.25, 0.3) is 5.71 Å². The molecule has 0 atom stereocenters. The van der Waals surface area contributed by atoms with Gasteiger partial charge in [0.2, 0.25) is 5.95 Å². The largest absolute Gasteiger partial charge is 0.492 e. The number of benzene rings is 1. The van der Waals surface area contributed by atoms with E-state index in [1.54, 1.807) is 0 Å². The summed E-state index contributed by atoms with van der Waals surface area (Å²) in [6.07, 6.45) is 3.76. The summed E-state index contributed by atoms with van der Waals surface area (Å²) in [7, 11) is 1.21. The second kappa shape index (κ2) is 10.8. The third kappa shape index (κ3) is 5.73. The molecule has 0 aliphatic carbocycles. The average molecular weight is 470 g/mol. The first-order chi connectivity index (χ1) is 16.5. The average Bonchev–Trinajstić information content (AvgIpc) is 2.83. The summed E-state index contributed by atoms with van der Waals surface area (Å²) in [5.74, 6) is 0.209. The molecule has 1 fully saturated rings. The molecule has 4 heterocycles. The van der Waals surface area contributed by atoms with Crippen molar-refractivity contribution in [1.29, 1.82) is 0 Å². The number of aromatic nitrogens is 2. The van der Waals surface area contributed by atoms with Crippen LogP contribution in [0.1, 0.15) is 24.8 Å². The molecule has 0 amide bonds. The van der Waals surface area contributed by atoms with Gasteiger partial charge in [-0.05, 0) is 43.6 Å². The van der Waals surface area contributed by atoms with Crippen molar-refractivity contribution in [2.75, 3.05) is 38.7 Å². The van der Waals surface area contributed by atoms with Crippen LogP contribution in [0, 0.1) is 0 Å². The Morgan fingerprint density at radius 1 is 1.06 bits per heavy atom. The topological polar surface area (TPSA) is 129 Å². The van der Waals surface area contributed by atoms with Crippen LogP contribution in [-0.4, -0.2) is 47.8 Å². The number of methoxy groups -OCH3 is 1. The van der Waals surface area contributed by atoms with Crippen LogP contribution < -0.4 is 31.6 Å². The molecule has 1 saturated heterocycles. The van der Waals surface area contributed by atoms with Crippen molar-refractivity contribution in [2.24, 2.45) is 0 Å². The number of hydrogen-bond donors (Lipinski definition) is 1. The number of ether oxygens (including phenoxy) is 2. The van der Waals surface area contributed by atoms with Gasteiger partial charge in [-0.1, -0.05) is 23.1 Å². The lowest BCUT2D eigenvalue weighted by atomic mass is 10.1. The normalized spacial score (nSPS) is 14.0. The molecule has 4 aromatic rings. The van der Waals surface area contributed by atoms with Crippen molar-refractivity contribution >= 4 is 11.7 Å². The number of likely N-dealkylation sites (tertiary alicyclic amines) is 1. The van der Waals surface area contributed by atoms with Gasteiger partial charge in [-0.3, -0.25) is 9.69 Å². The molecule has 1 N–H and O–H groups in total. The molecule has 0 unspecified atom stereocenters. The first-order valence-corrected chi connectivity index (χ1v) is 11.0. The first kappa shape index (κ1) is 23.3.